The van der Waals surface area contributed by atoms with Gasteiger partial charge in [-0.2, -0.15) is 0 Å². The van der Waals surface area contributed by atoms with E-state index in [9.17, 15) is 4.79 Å². The van der Waals surface area contributed by atoms with Crippen LogP contribution in [0, 0.1) is 17.3 Å². The molecule has 0 bridgehead atoms. The summed E-state index contributed by atoms with van der Waals surface area (Å²) in [5, 5.41) is 0. The molecule has 0 spiro atoms. The zero-order valence-electron chi connectivity index (χ0n) is 19.5. The van der Waals surface area contributed by atoms with Crippen molar-refractivity contribution in [3.8, 4) is 0 Å². The van der Waals surface area contributed by atoms with E-state index in [1.165, 1.54) is 0 Å². The first-order valence-electron chi connectivity index (χ1n) is 10.3. The van der Waals surface area contributed by atoms with Crippen molar-refractivity contribution in [3.63, 3.8) is 0 Å². The Hall–Kier alpha value is 0.218. The third kappa shape index (κ3) is 13.9. The van der Waals surface area contributed by atoms with Crippen molar-refractivity contribution in [1.29, 1.82) is 0 Å². The topological polar surface area (TPSA) is 70.8 Å². The molecule has 0 aromatic rings. The van der Waals surface area contributed by atoms with Gasteiger partial charge in [0, 0.05) is 6.42 Å². The minimum atomic E-state index is -1.86. The van der Waals surface area contributed by atoms with Crippen molar-refractivity contribution < 1.29 is 17.1 Å². The maximum Gasteiger partial charge on any atom is 0.302 e. The molecule has 0 aliphatic heterocycles. The highest BCUT2D eigenvalue weighted by atomic mass is 28.4. The molecule has 0 aliphatic carbocycles. The van der Waals surface area contributed by atoms with E-state index in [4.69, 9.17) is 18.1 Å². The number of primary amides is 1. The van der Waals surface area contributed by atoms with Gasteiger partial charge < -0.3 is 18.1 Å². The molecule has 5 nitrogen and oxygen atoms in total. The van der Waals surface area contributed by atoms with Gasteiger partial charge in [0.05, 0.1) is 0 Å². The fourth-order valence-electron chi connectivity index (χ4n) is 3.37. The predicted octanol–water partition coefficient (Wildman–Crippen LogP) is 3.88. The van der Waals surface area contributed by atoms with Crippen LogP contribution in [0.3, 0.4) is 0 Å². The molecule has 0 aromatic carbocycles. The van der Waals surface area contributed by atoms with Crippen molar-refractivity contribution in [2.45, 2.75) is 92.3 Å². The lowest BCUT2D eigenvalue weighted by molar-refractivity contribution is -0.119. The quantitative estimate of drug-likeness (QED) is 0.431. The van der Waals surface area contributed by atoms with Crippen LogP contribution in [0.15, 0.2) is 0 Å². The van der Waals surface area contributed by atoms with E-state index in [2.05, 4.69) is 67.0 Å². The maximum atomic E-state index is 11.7. The summed E-state index contributed by atoms with van der Waals surface area (Å²) in [5.41, 5.74) is 5.65. The van der Waals surface area contributed by atoms with Crippen molar-refractivity contribution in [2.24, 2.45) is 23.0 Å². The van der Waals surface area contributed by atoms with Gasteiger partial charge in [-0.3, -0.25) is 4.79 Å². The van der Waals surface area contributed by atoms with Crippen LogP contribution in [0.5, 0.6) is 0 Å². The zero-order chi connectivity index (χ0) is 21.5. The van der Waals surface area contributed by atoms with Crippen LogP contribution in [0.2, 0.25) is 45.3 Å². The maximum absolute atomic E-state index is 11.7. The normalized spacial score (nSPS) is 17.3. The lowest BCUT2D eigenvalue weighted by Crippen LogP contribution is -2.43. The van der Waals surface area contributed by atoms with Gasteiger partial charge in [0.15, 0.2) is 16.6 Å². The molecule has 0 aliphatic rings. The Kier molecular flexibility index (Phi) is 11.5. The Balaban J connectivity index is 5.39. The van der Waals surface area contributed by atoms with Gasteiger partial charge in [-0.15, -0.1) is 0 Å². The van der Waals surface area contributed by atoms with Crippen LogP contribution >= 0.6 is 0 Å². The molecule has 9 heteroatoms. The van der Waals surface area contributed by atoms with Crippen molar-refractivity contribution >= 4 is 41.8 Å². The number of carbonyl (C=O) groups excluding carboxylic acids is 1. The molecule has 0 aromatic heterocycles. The van der Waals surface area contributed by atoms with Crippen LogP contribution in [0.25, 0.3) is 0 Å². The molecule has 2 N–H and O–H groups in total. The molecular weight excluding hydrogens is 407 g/mol. The number of rotatable bonds is 13. The first kappa shape index (κ1) is 27.2. The van der Waals surface area contributed by atoms with Gasteiger partial charge in [0.2, 0.25) is 5.91 Å². The van der Waals surface area contributed by atoms with Crippen LogP contribution in [0.1, 0.15) is 47.0 Å². The molecule has 27 heavy (non-hydrogen) atoms. The molecule has 0 saturated heterocycles. The van der Waals surface area contributed by atoms with Crippen molar-refractivity contribution in [1.82, 2.24) is 0 Å². The van der Waals surface area contributed by atoms with E-state index in [1.54, 1.807) is 0 Å². The second kappa shape index (κ2) is 11.4. The van der Waals surface area contributed by atoms with Gasteiger partial charge in [-0.25, -0.2) is 0 Å². The monoisotopic (exact) mass is 451 g/mol. The molecule has 1 amide bonds. The van der Waals surface area contributed by atoms with Crippen molar-refractivity contribution in [2.75, 3.05) is 0 Å². The number of carbonyl (C=O) groups is 1. The largest absolute Gasteiger partial charge is 0.441 e. The van der Waals surface area contributed by atoms with Gasteiger partial charge in [0.25, 0.3) is 10.0 Å². The summed E-state index contributed by atoms with van der Waals surface area (Å²) in [6.07, 6.45) is 2.52. The fourth-order valence-corrected chi connectivity index (χ4v) is 12.7. The van der Waals surface area contributed by atoms with E-state index < -0.39 is 35.9 Å². The summed E-state index contributed by atoms with van der Waals surface area (Å²) in [6, 6.07) is 0.924. The fraction of sp³-hybridized carbons (Fsp3) is 0.944. The molecule has 0 heterocycles. The SMILES string of the molecule is CCCC(CC(N)=O)C(C[SiH](O[SiH2]O[Si](C)(C)C)O[Si](C)(C)C)C(C)(C)C. The Morgan fingerprint density at radius 3 is 2.04 bits per heavy atom. The minimum absolute atomic E-state index is 0.0773. The molecule has 3 atom stereocenters. The van der Waals surface area contributed by atoms with Crippen LogP contribution in [-0.4, -0.2) is 41.8 Å². The molecular formula is C18H45NO4Si4. The number of nitrogens with two attached hydrogens (primary N) is 1. The van der Waals surface area contributed by atoms with Gasteiger partial charge in [-0.05, 0) is 69.0 Å². The summed E-state index contributed by atoms with van der Waals surface area (Å²) in [5.74, 6) is 0.444. The second-order valence-corrected chi connectivity index (χ2v) is 24.1. The lowest BCUT2D eigenvalue weighted by Gasteiger charge is -2.39. The predicted molar refractivity (Wildman–Crippen MR) is 126 cm³/mol. The summed E-state index contributed by atoms with van der Waals surface area (Å²) in [7, 11) is -6.16. The lowest BCUT2D eigenvalue weighted by atomic mass is 9.71. The first-order valence-corrected chi connectivity index (χ1v) is 20.0. The number of hydrogen-bond donors (Lipinski definition) is 1. The Labute approximate surface area is 174 Å². The molecule has 0 radical (unpaired) electrons. The molecule has 162 valence electrons. The highest BCUT2D eigenvalue weighted by Crippen LogP contribution is 2.40. The van der Waals surface area contributed by atoms with Gasteiger partial charge in [-0.1, -0.05) is 34.1 Å². The first-order chi connectivity index (χ1) is 12.0. The van der Waals surface area contributed by atoms with Gasteiger partial charge in [0.1, 0.15) is 0 Å². The third-order valence-corrected chi connectivity index (χ3v) is 15.2. The Bertz CT molecular complexity index is 444. The molecule has 0 saturated carbocycles. The Morgan fingerprint density at radius 1 is 1.11 bits per heavy atom. The molecule has 0 fully saturated rings. The van der Waals surface area contributed by atoms with Gasteiger partial charge >= 0.3 is 9.28 Å². The highest BCUT2D eigenvalue weighted by molar-refractivity contribution is 6.77. The van der Waals surface area contributed by atoms with E-state index in [0.717, 1.165) is 18.9 Å². The minimum Gasteiger partial charge on any atom is -0.441 e. The third-order valence-electron chi connectivity index (χ3n) is 4.48. The van der Waals surface area contributed by atoms with Crippen LogP contribution < -0.4 is 5.73 Å². The average Bonchev–Trinajstić information content (AvgIpc) is 2.39. The van der Waals surface area contributed by atoms with Crippen molar-refractivity contribution in [3.05, 3.63) is 0 Å². The summed E-state index contributed by atoms with van der Waals surface area (Å²) < 4.78 is 18.9. The zero-order valence-corrected chi connectivity index (χ0v) is 24.0. The smallest absolute Gasteiger partial charge is 0.302 e. The Morgan fingerprint density at radius 2 is 1.67 bits per heavy atom. The van der Waals surface area contributed by atoms with Crippen LogP contribution in [0.4, 0.5) is 0 Å². The summed E-state index contributed by atoms with van der Waals surface area (Å²) in [4.78, 5) is 11.7. The van der Waals surface area contributed by atoms with E-state index in [1.807, 2.05) is 0 Å². The summed E-state index contributed by atoms with van der Waals surface area (Å²) >= 11 is 0. The number of amides is 1. The molecule has 0 rings (SSSR count). The standard InChI is InChI=1S/C18H45NO4Si4/c1-11-12-15(13-17(19)20)16(18(2,3)4)14-25(23-27(8,9)10)21-24-22-26(5,6)7/h15-16,25H,11-14,24H2,1-10H3,(H2,19,20). The van der Waals surface area contributed by atoms with Crippen LogP contribution in [-0.2, 0) is 17.1 Å². The van der Waals surface area contributed by atoms with E-state index in [0.29, 0.717) is 12.3 Å². The molecule has 3 unspecified atom stereocenters. The highest BCUT2D eigenvalue weighted by Gasteiger charge is 2.37. The average molecular weight is 452 g/mol. The summed E-state index contributed by atoms with van der Waals surface area (Å²) in [6.45, 7) is 22.2. The van der Waals surface area contributed by atoms with E-state index >= 15 is 0 Å². The second-order valence-electron chi connectivity index (χ2n) is 10.6. The van der Waals surface area contributed by atoms with E-state index in [-0.39, 0.29) is 17.2 Å². The number of hydrogen-bond acceptors (Lipinski definition) is 4.